The average molecular weight is 278 g/mol. The number of hydrogen-bond donors (Lipinski definition) is 2. The quantitative estimate of drug-likeness (QED) is 0.826. The molecular weight excluding hydrogens is 256 g/mol. The van der Waals surface area contributed by atoms with Gasteiger partial charge in [0.15, 0.2) is 5.69 Å². The average Bonchev–Trinajstić information content (AvgIpc) is 2.92. The maximum atomic E-state index is 12.1. The number of aromatic nitrogens is 2. The van der Waals surface area contributed by atoms with Crippen LogP contribution in [-0.2, 0) is 4.74 Å². The lowest BCUT2D eigenvalue weighted by Crippen LogP contribution is -2.41. The van der Waals surface area contributed by atoms with Crippen molar-refractivity contribution >= 4 is 11.7 Å². The van der Waals surface area contributed by atoms with Crippen LogP contribution in [0, 0.1) is 0 Å². The Hall–Kier alpha value is -1.69. The first-order chi connectivity index (χ1) is 9.74. The first-order valence-corrected chi connectivity index (χ1v) is 7.16. The molecule has 1 aliphatic rings. The second-order valence-corrected chi connectivity index (χ2v) is 5.02. The number of amides is 1. The van der Waals surface area contributed by atoms with Crippen molar-refractivity contribution in [2.45, 2.75) is 44.8 Å². The Bertz CT molecular complexity index is 435. The third-order valence-corrected chi connectivity index (χ3v) is 3.53. The van der Waals surface area contributed by atoms with Gasteiger partial charge in [0.1, 0.15) is 5.82 Å². The summed E-state index contributed by atoms with van der Waals surface area (Å²) in [6, 6.07) is 3.55. The normalized spacial score (nSPS) is 21.7. The Morgan fingerprint density at radius 2 is 2.25 bits per heavy atom. The zero-order valence-corrected chi connectivity index (χ0v) is 12.1. The molecule has 2 rings (SSSR count). The van der Waals surface area contributed by atoms with E-state index in [-0.39, 0.29) is 18.1 Å². The molecule has 1 saturated carbocycles. The number of ether oxygens (including phenoxy) is 1. The second-order valence-electron chi connectivity index (χ2n) is 5.02. The molecule has 20 heavy (non-hydrogen) atoms. The van der Waals surface area contributed by atoms with Crippen LogP contribution in [0.4, 0.5) is 5.82 Å². The Morgan fingerprint density at radius 3 is 2.90 bits per heavy atom. The van der Waals surface area contributed by atoms with Crippen LogP contribution < -0.4 is 10.6 Å². The number of carbonyl (C=O) groups excluding carboxylic acids is 1. The van der Waals surface area contributed by atoms with Crippen LogP contribution in [-0.4, -0.2) is 41.9 Å². The minimum atomic E-state index is -0.187. The molecule has 0 bridgehead atoms. The van der Waals surface area contributed by atoms with E-state index in [0.29, 0.717) is 11.5 Å². The Kier molecular flexibility index (Phi) is 5.29. The van der Waals surface area contributed by atoms with Crippen molar-refractivity contribution in [2.24, 2.45) is 0 Å². The summed E-state index contributed by atoms with van der Waals surface area (Å²) in [5.74, 6) is 0.507. The zero-order chi connectivity index (χ0) is 14.4. The van der Waals surface area contributed by atoms with E-state index in [4.69, 9.17) is 4.74 Å². The van der Waals surface area contributed by atoms with Gasteiger partial charge in [-0.1, -0.05) is 6.92 Å². The zero-order valence-electron chi connectivity index (χ0n) is 12.1. The molecular formula is C14H22N4O2. The summed E-state index contributed by atoms with van der Waals surface area (Å²) >= 11 is 0. The smallest absolute Gasteiger partial charge is 0.272 e. The van der Waals surface area contributed by atoms with Crippen LogP contribution >= 0.6 is 0 Å². The van der Waals surface area contributed by atoms with Gasteiger partial charge in [-0.05, 0) is 37.8 Å². The fourth-order valence-electron chi connectivity index (χ4n) is 2.42. The summed E-state index contributed by atoms with van der Waals surface area (Å²) < 4.78 is 5.36. The molecule has 110 valence electrons. The molecule has 6 heteroatoms. The first-order valence-electron chi connectivity index (χ1n) is 7.16. The molecule has 1 fully saturated rings. The highest BCUT2D eigenvalue weighted by Gasteiger charge is 2.28. The summed E-state index contributed by atoms with van der Waals surface area (Å²) in [4.78, 5) is 12.1. The van der Waals surface area contributed by atoms with E-state index < -0.39 is 0 Å². The predicted molar refractivity (Wildman–Crippen MR) is 76.7 cm³/mol. The molecule has 2 atom stereocenters. The molecule has 1 aromatic rings. The van der Waals surface area contributed by atoms with E-state index in [1.54, 1.807) is 19.2 Å². The monoisotopic (exact) mass is 278 g/mol. The molecule has 0 radical (unpaired) electrons. The lowest BCUT2D eigenvalue weighted by molar-refractivity contribution is 0.0718. The number of rotatable bonds is 6. The number of nitrogens with one attached hydrogen (secondary N) is 2. The summed E-state index contributed by atoms with van der Waals surface area (Å²) in [5.41, 5.74) is 0.341. The van der Waals surface area contributed by atoms with Crippen molar-refractivity contribution in [3.63, 3.8) is 0 Å². The minimum Gasteiger partial charge on any atom is -0.379 e. The largest absolute Gasteiger partial charge is 0.379 e. The van der Waals surface area contributed by atoms with Gasteiger partial charge in [-0.15, -0.1) is 10.2 Å². The highest BCUT2D eigenvalue weighted by molar-refractivity contribution is 5.92. The van der Waals surface area contributed by atoms with Crippen molar-refractivity contribution in [2.75, 3.05) is 19.0 Å². The van der Waals surface area contributed by atoms with Crippen LogP contribution in [0.15, 0.2) is 12.1 Å². The fraction of sp³-hybridized carbons (Fsp3) is 0.643. The van der Waals surface area contributed by atoms with Crippen molar-refractivity contribution in [1.82, 2.24) is 15.5 Å². The predicted octanol–water partition coefficient (Wildman–Crippen LogP) is 1.60. The van der Waals surface area contributed by atoms with E-state index in [2.05, 4.69) is 27.8 Å². The van der Waals surface area contributed by atoms with Crippen LogP contribution in [0.25, 0.3) is 0 Å². The van der Waals surface area contributed by atoms with Crippen molar-refractivity contribution in [3.8, 4) is 0 Å². The van der Waals surface area contributed by atoms with Crippen LogP contribution in [0.5, 0.6) is 0 Å². The number of hydrogen-bond acceptors (Lipinski definition) is 5. The van der Waals surface area contributed by atoms with Crippen molar-refractivity contribution in [1.29, 1.82) is 0 Å². The number of carbonyl (C=O) groups is 1. The van der Waals surface area contributed by atoms with E-state index in [9.17, 15) is 4.79 Å². The van der Waals surface area contributed by atoms with Gasteiger partial charge in [0.05, 0.1) is 12.1 Å². The molecule has 1 aromatic heterocycles. The third kappa shape index (κ3) is 3.66. The van der Waals surface area contributed by atoms with Gasteiger partial charge in [0.2, 0.25) is 0 Å². The summed E-state index contributed by atoms with van der Waals surface area (Å²) in [6.45, 7) is 2.92. The van der Waals surface area contributed by atoms with E-state index in [1.807, 2.05) is 0 Å². The van der Waals surface area contributed by atoms with Crippen molar-refractivity contribution in [3.05, 3.63) is 17.8 Å². The SMILES string of the molecule is CCCNc1ccc(C(=O)NC2CCCC2OC)nn1. The Morgan fingerprint density at radius 1 is 1.40 bits per heavy atom. The number of nitrogens with zero attached hydrogens (tertiary/aromatic N) is 2. The molecule has 2 unspecified atom stereocenters. The molecule has 1 aliphatic carbocycles. The Balaban J connectivity index is 1.92. The summed E-state index contributed by atoms with van der Waals surface area (Å²) in [5, 5.41) is 14.1. The van der Waals surface area contributed by atoms with Gasteiger partial charge in [0, 0.05) is 13.7 Å². The molecule has 0 aromatic carbocycles. The van der Waals surface area contributed by atoms with Gasteiger partial charge in [-0.2, -0.15) is 0 Å². The molecule has 2 N–H and O–H groups in total. The maximum Gasteiger partial charge on any atom is 0.272 e. The van der Waals surface area contributed by atoms with Gasteiger partial charge in [-0.25, -0.2) is 0 Å². The van der Waals surface area contributed by atoms with Crippen LogP contribution in [0.1, 0.15) is 43.1 Å². The van der Waals surface area contributed by atoms with Gasteiger partial charge in [-0.3, -0.25) is 4.79 Å². The standard InChI is InChI=1S/C14H22N4O2/c1-3-9-15-13-8-7-11(17-18-13)14(19)16-10-5-4-6-12(10)20-2/h7-8,10,12H,3-6,9H2,1-2H3,(H,15,18)(H,16,19). The van der Waals surface area contributed by atoms with Gasteiger partial charge < -0.3 is 15.4 Å². The highest BCUT2D eigenvalue weighted by atomic mass is 16.5. The maximum absolute atomic E-state index is 12.1. The lowest BCUT2D eigenvalue weighted by atomic mass is 10.2. The topological polar surface area (TPSA) is 76.1 Å². The molecule has 0 saturated heterocycles. The molecule has 6 nitrogen and oxygen atoms in total. The van der Waals surface area contributed by atoms with E-state index in [1.165, 1.54) is 0 Å². The molecule has 1 amide bonds. The lowest BCUT2D eigenvalue weighted by Gasteiger charge is -2.19. The third-order valence-electron chi connectivity index (χ3n) is 3.53. The van der Waals surface area contributed by atoms with Crippen LogP contribution in [0.2, 0.25) is 0 Å². The first kappa shape index (κ1) is 14.7. The highest BCUT2D eigenvalue weighted by Crippen LogP contribution is 2.21. The van der Waals surface area contributed by atoms with Gasteiger partial charge in [0.25, 0.3) is 5.91 Å². The molecule has 0 aliphatic heterocycles. The fourth-order valence-corrected chi connectivity index (χ4v) is 2.42. The Labute approximate surface area is 119 Å². The number of methoxy groups -OCH3 is 1. The summed E-state index contributed by atoms with van der Waals surface area (Å²) in [7, 11) is 1.68. The molecule has 1 heterocycles. The van der Waals surface area contributed by atoms with Gasteiger partial charge >= 0.3 is 0 Å². The number of anilines is 1. The van der Waals surface area contributed by atoms with E-state index in [0.717, 1.165) is 32.2 Å². The van der Waals surface area contributed by atoms with E-state index >= 15 is 0 Å². The minimum absolute atomic E-state index is 0.0761. The van der Waals surface area contributed by atoms with Crippen molar-refractivity contribution < 1.29 is 9.53 Å². The molecule has 0 spiro atoms. The summed E-state index contributed by atoms with van der Waals surface area (Å²) in [6.07, 6.45) is 4.15. The van der Waals surface area contributed by atoms with Crippen LogP contribution in [0.3, 0.4) is 0 Å². The second kappa shape index (κ2) is 7.19.